The summed E-state index contributed by atoms with van der Waals surface area (Å²) in [4.78, 5) is 17.4. The molecule has 8 nitrogen and oxygen atoms in total. The molecule has 1 saturated heterocycles. The smallest absolute Gasteiger partial charge is 0.261 e. The lowest BCUT2D eigenvalue weighted by atomic mass is 9.98. The Morgan fingerprint density at radius 1 is 1.16 bits per heavy atom. The van der Waals surface area contributed by atoms with E-state index in [9.17, 15) is 13.2 Å². The maximum atomic E-state index is 12.9. The van der Waals surface area contributed by atoms with E-state index in [1.807, 2.05) is 6.07 Å². The fourth-order valence-corrected chi connectivity index (χ4v) is 5.33. The number of methoxy groups -OCH3 is 1. The number of aromatic nitrogens is 2. The van der Waals surface area contributed by atoms with E-state index >= 15 is 0 Å². The van der Waals surface area contributed by atoms with E-state index in [4.69, 9.17) is 10.00 Å². The van der Waals surface area contributed by atoms with Gasteiger partial charge in [-0.15, -0.1) is 0 Å². The molecular weight excluding hydrogens is 416 g/mol. The molecule has 4 rings (SSSR count). The number of rotatable bonds is 5. The number of nitrogens with zero attached hydrogens (tertiary/aromatic N) is 4. The minimum absolute atomic E-state index is 0.111. The molecule has 0 aliphatic carbocycles. The van der Waals surface area contributed by atoms with Gasteiger partial charge in [-0.05, 0) is 55.2 Å². The molecule has 2 aromatic carbocycles. The van der Waals surface area contributed by atoms with Crippen molar-refractivity contribution in [3.8, 4) is 11.8 Å². The molecule has 0 amide bonds. The Bertz CT molecular complexity index is 1300. The quantitative estimate of drug-likeness (QED) is 0.606. The zero-order valence-corrected chi connectivity index (χ0v) is 17.9. The molecule has 2 heterocycles. The normalized spacial score (nSPS) is 15.6. The molecule has 0 spiro atoms. The highest BCUT2D eigenvalue weighted by Gasteiger charge is 2.29. The summed E-state index contributed by atoms with van der Waals surface area (Å²) >= 11 is 0. The molecule has 0 radical (unpaired) electrons. The van der Waals surface area contributed by atoms with Crippen LogP contribution in [-0.4, -0.2) is 42.5 Å². The third-order valence-electron chi connectivity index (χ3n) is 5.68. The lowest BCUT2D eigenvalue weighted by Gasteiger charge is -2.31. The summed E-state index contributed by atoms with van der Waals surface area (Å²) in [6, 6.07) is 13.1. The van der Waals surface area contributed by atoms with Crippen molar-refractivity contribution < 1.29 is 13.2 Å². The minimum Gasteiger partial charge on any atom is -0.497 e. The van der Waals surface area contributed by atoms with Crippen LogP contribution in [0, 0.1) is 17.2 Å². The van der Waals surface area contributed by atoms with Crippen LogP contribution in [0.25, 0.3) is 10.9 Å². The predicted molar refractivity (Wildman–Crippen MR) is 115 cm³/mol. The van der Waals surface area contributed by atoms with Crippen LogP contribution in [0.5, 0.6) is 5.75 Å². The Labute approximate surface area is 180 Å². The highest BCUT2D eigenvalue weighted by atomic mass is 32.2. The highest BCUT2D eigenvalue weighted by Crippen LogP contribution is 2.25. The molecule has 0 bridgehead atoms. The number of benzene rings is 2. The lowest BCUT2D eigenvalue weighted by Crippen LogP contribution is -2.40. The number of hydrogen-bond acceptors (Lipinski definition) is 6. The lowest BCUT2D eigenvalue weighted by molar-refractivity contribution is 0.251. The number of ether oxygens (including phenoxy) is 1. The summed E-state index contributed by atoms with van der Waals surface area (Å²) in [6.07, 6.45) is 2.86. The maximum Gasteiger partial charge on any atom is 0.261 e. The van der Waals surface area contributed by atoms with Crippen LogP contribution < -0.4 is 10.3 Å². The van der Waals surface area contributed by atoms with Crippen molar-refractivity contribution in [1.29, 1.82) is 5.26 Å². The topological polar surface area (TPSA) is 105 Å². The summed E-state index contributed by atoms with van der Waals surface area (Å²) in [5, 5.41) is 9.42. The van der Waals surface area contributed by atoms with Gasteiger partial charge in [0.15, 0.2) is 0 Å². The second-order valence-corrected chi connectivity index (χ2v) is 9.51. The largest absolute Gasteiger partial charge is 0.497 e. The van der Waals surface area contributed by atoms with E-state index < -0.39 is 10.0 Å². The van der Waals surface area contributed by atoms with Crippen molar-refractivity contribution in [3.63, 3.8) is 0 Å². The third-order valence-corrected chi connectivity index (χ3v) is 7.59. The first-order chi connectivity index (χ1) is 14.9. The van der Waals surface area contributed by atoms with Gasteiger partial charge in [-0.3, -0.25) is 9.36 Å². The molecule has 1 aliphatic rings. The molecule has 1 fully saturated rings. The molecule has 1 aromatic heterocycles. The van der Waals surface area contributed by atoms with E-state index in [0.29, 0.717) is 54.7 Å². The van der Waals surface area contributed by atoms with Crippen LogP contribution in [0.4, 0.5) is 0 Å². The molecule has 9 heteroatoms. The van der Waals surface area contributed by atoms with E-state index in [-0.39, 0.29) is 16.4 Å². The van der Waals surface area contributed by atoms with E-state index in [1.165, 1.54) is 28.6 Å². The Morgan fingerprint density at radius 3 is 2.52 bits per heavy atom. The van der Waals surface area contributed by atoms with Crippen LogP contribution in [0.1, 0.15) is 18.4 Å². The van der Waals surface area contributed by atoms with Gasteiger partial charge >= 0.3 is 0 Å². The Kier molecular flexibility index (Phi) is 5.76. The minimum atomic E-state index is -3.60. The van der Waals surface area contributed by atoms with Gasteiger partial charge in [-0.25, -0.2) is 13.4 Å². The van der Waals surface area contributed by atoms with Crippen molar-refractivity contribution >= 4 is 20.9 Å². The summed E-state index contributed by atoms with van der Waals surface area (Å²) in [5.41, 5.74) is 0.898. The molecule has 0 atom stereocenters. The third kappa shape index (κ3) is 4.17. The Hall–Kier alpha value is -3.22. The molecular formula is C22H22N4O4S. The molecule has 160 valence electrons. The standard InChI is InChI=1S/C22H22N4O4S/c1-30-18-4-7-20-21(12-18)24-15-25(22(20)27)14-17-8-10-26(11-9-17)31(28,29)19-5-2-16(13-23)3-6-19/h2-7,12,15,17H,8-11,14H2,1H3. The van der Waals surface area contributed by atoms with Gasteiger partial charge in [0.2, 0.25) is 10.0 Å². The summed E-state index contributed by atoms with van der Waals surface area (Å²) in [6.45, 7) is 1.28. The molecule has 31 heavy (non-hydrogen) atoms. The molecule has 0 unspecified atom stereocenters. The first-order valence-corrected chi connectivity index (χ1v) is 11.4. The van der Waals surface area contributed by atoms with Crippen molar-refractivity contribution in [2.45, 2.75) is 24.3 Å². The summed E-state index contributed by atoms with van der Waals surface area (Å²) in [7, 11) is -2.03. The highest BCUT2D eigenvalue weighted by molar-refractivity contribution is 7.89. The zero-order valence-electron chi connectivity index (χ0n) is 17.1. The van der Waals surface area contributed by atoms with Gasteiger partial charge in [0, 0.05) is 25.7 Å². The summed E-state index contributed by atoms with van der Waals surface area (Å²) < 4.78 is 34.0. The van der Waals surface area contributed by atoms with Crippen LogP contribution in [0.3, 0.4) is 0 Å². The van der Waals surface area contributed by atoms with Gasteiger partial charge in [0.1, 0.15) is 5.75 Å². The van der Waals surface area contributed by atoms with Crippen molar-refractivity contribution in [1.82, 2.24) is 13.9 Å². The maximum absolute atomic E-state index is 12.9. The van der Waals surface area contributed by atoms with Crippen LogP contribution >= 0.6 is 0 Å². The second-order valence-electron chi connectivity index (χ2n) is 7.57. The fourth-order valence-electron chi connectivity index (χ4n) is 3.86. The average molecular weight is 439 g/mol. The first kappa shape index (κ1) is 21.0. The van der Waals surface area contributed by atoms with Crippen LogP contribution in [-0.2, 0) is 16.6 Å². The second kappa shape index (κ2) is 8.49. The molecule has 0 N–H and O–H groups in total. The SMILES string of the molecule is COc1ccc2c(=O)n(CC3CCN(S(=O)(=O)c4ccc(C#N)cc4)CC3)cnc2c1. The van der Waals surface area contributed by atoms with E-state index in [2.05, 4.69) is 4.98 Å². The Balaban J connectivity index is 1.45. The molecule has 1 aliphatic heterocycles. The van der Waals surface area contributed by atoms with Crippen molar-refractivity contribution in [3.05, 3.63) is 64.7 Å². The Morgan fingerprint density at radius 2 is 1.87 bits per heavy atom. The number of hydrogen-bond donors (Lipinski definition) is 0. The van der Waals surface area contributed by atoms with Crippen LogP contribution in [0.2, 0.25) is 0 Å². The van der Waals surface area contributed by atoms with Crippen molar-refractivity contribution in [2.24, 2.45) is 5.92 Å². The molecule has 0 saturated carbocycles. The molecule has 3 aromatic rings. The number of nitriles is 1. The van der Waals surface area contributed by atoms with Gasteiger partial charge in [0.05, 0.1) is 40.9 Å². The van der Waals surface area contributed by atoms with Crippen molar-refractivity contribution in [2.75, 3.05) is 20.2 Å². The van der Waals surface area contributed by atoms with Gasteiger partial charge in [0.25, 0.3) is 5.56 Å². The zero-order chi connectivity index (χ0) is 22.0. The van der Waals surface area contributed by atoms with E-state index in [1.54, 1.807) is 36.2 Å². The van der Waals surface area contributed by atoms with Crippen LogP contribution in [0.15, 0.2) is 58.5 Å². The van der Waals surface area contributed by atoms with E-state index in [0.717, 1.165) is 0 Å². The number of sulfonamides is 1. The fraction of sp³-hybridized carbons (Fsp3) is 0.318. The predicted octanol–water partition coefficient (Wildman–Crippen LogP) is 2.38. The number of fused-ring (bicyclic) bond motifs is 1. The monoisotopic (exact) mass is 438 g/mol. The first-order valence-electron chi connectivity index (χ1n) is 9.96. The van der Waals surface area contributed by atoms with Gasteiger partial charge in [-0.2, -0.15) is 9.57 Å². The van der Waals surface area contributed by atoms with Gasteiger partial charge < -0.3 is 4.74 Å². The number of piperidine rings is 1. The average Bonchev–Trinajstić information content (AvgIpc) is 2.81. The summed E-state index contributed by atoms with van der Waals surface area (Å²) in [5.74, 6) is 0.829. The van der Waals surface area contributed by atoms with Gasteiger partial charge in [-0.1, -0.05) is 0 Å².